The molecule has 0 fully saturated rings. The summed E-state index contributed by atoms with van der Waals surface area (Å²) in [6.45, 7) is 16.7. The van der Waals surface area contributed by atoms with Crippen molar-refractivity contribution in [3.8, 4) is 0 Å². The van der Waals surface area contributed by atoms with E-state index in [1.54, 1.807) is 27.7 Å². The highest BCUT2D eigenvalue weighted by molar-refractivity contribution is 5.85. The summed E-state index contributed by atoms with van der Waals surface area (Å²) in [5, 5.41) is 5.41. The van der Waals surface area contributed by atoms with Gasteiger partial charge in [-0.25, -0.2) is 4.79 Å². The van der Waals surface area contributed by atoms with Gasteiger partial charge in [-0.05, 0) is 52.0 Å². The minimum Gasteiger partial charge on any atom is -0.463 e. The zero-order chi connectivity index (χ0) is 24.7. The maximum Gasteiger partial charge on any atom is 0.408 e. The molecular weight excluding hydrogens is 408 g/mol. The van der Waals surface area contributed by atoms with Gasteiger partial charge in [0.05, 0.1) is 11.5 Å². The Morgan fingerprint density at radius 1 is 0.875 bits per heavy atom. The molecule has 2 N–H and O–H groups in total. The largest absolute Gasteiger partial charge is 0.463 e. The average Bonchev–Trinajstić information content (AvgIpc) is 2.68. The monoisotopic (exact) mass is 448 g/mol. The van der Waals surface area contributed by atoms with Crippen LogP contribution in [0.1, 0.15) is 73.9 Å². The van der Waals surface area contributed by atoms with Crippen LogP contribution in [0.3, 0.4) is 0 Å². The first-order valence-electron chi connectivity index (χ1n) is 11.2. The minimum atomic E-state index is -0.830. The summed E-state index contributed by atoms with van der Waals surface area (Å²) in [6.07, 6.45) is -0.674. The number of benzene rings is 1. The van der Waals surface area contributed by atoms with Crippen LogP contribution in [0.25, 0.3) is 0 Å². The molecule has 2 atom stereocenters. The molecular formula is C25H40N2O5. The maximum atomic E-state index is 13.0. The molecule has 0 aliphatic rings. The second-order valence-corrected chi connectivity index (χ2v) is 10.0. The van der Waals surface area contributed by atoms with Gasteiger partial charge >= 0.3 is 12.1 Å². The fraction of sp³-hybridized carbons (Fsp3) is 0.640. The quantitative estimate of drug-likeness (QED) is 0.538. The van der Waals surface area contributed by atoms with Gasteiger partial charge in [-0.3, -0.25) is 9.59 Å². The van der Waals surface area contributed by atoms with Crippen molar-refractivity contribution in [3.05, 3.63) is 35.9 Å². The van der Waals surface area contributed by atoms with Gasteiger partial charge in [0, 0.05) is 0 Å². The fourth-order valence-corrected chi connectivity index (χ4v) is 3.21. The minimum absolute atomic E-state index is 0.0111. The van der Waals surface area contributed by atoms with Crippen LogP contribution >= 0.6 is 0 Å². The number of alkyl carbamates (subject to hydrolysis) is 1. The van der Waals surface area contributed by atoms with E-state index < -0.39 is 35.1 Å². The van der Waals surface area contributed by atoms with Gasteiger partial charge in [0.1, 0.15) is 18.2 Å². The lowest BCUT2D eigenvalue weighted by atomic mass is 9.70. The van der Waals surface area contributed by atoms with E-state index in [0.717, 1.165) is 5.56 Å². The van der Waals surface area contributed by atoms with Crippen LogP contribution in [0.4, 0.5) is 4.79 Å². The summed E-state index contributed by atoms with van der Waals surface area (Å²) in [4.78, 5) is 37.7. The highest BCUT2D eigenvalue weighted by Crippen LogP contribution is 2.37. The zero-order valence-corrected chi connectivity index (χ0v) is 20.9. The number of amides is 2. The second kappa shape index (κ2) is 11.3. The molecule has 0 heterocycles. The number of carbonyl (C=O) groups is 3. The Labute approximate surface area is 192 Å². The van der Waals surface area contributed by atoms with E-state index in [0.29, 0.717) is 0 Å². The number of hydrogen-bond acceptors (Lipinski definition) is 5. The van der Waals surface area contributed by atoms with E-state index in [-0.39, 0.29) is 24.4 Å². The normalized spacial score (nSPS) is 14.0. The molecule has 2 unspecified atom stereocenters. The number of hydrogen-bond donors (Lipinski definition) is 2. The lowest BCUT2D eigenvalue weighted by molar-refractivity contribution is -0.162. The van der Waals surface area contributed by atoms with E-state index >= 15 is 0 Å². The average molecular weight is 449 g/mol. The number of nitrogens with one attached hydrogen (secondary N) is 2. The molecule has 0 saturated heterocycles. The standard InChI is InChI=1S/C25H40N2O5/c1-16(2)25(9,17(3)4)22(29)31-15-20(19-13-11-10-12-14-19)27-21(28)18(5)26-23(30)32-24(6,7)8/h10-14,16-18,20H,15H2,1-9H3,(H,26,30)(H,27,28). The summed E-state index contributed by atoms with van der Waals surface area (Å²) in [5.74, 6) is -0.510. The first kappa shape index (κ1) is 27.5. The van der Waals surface area contributed by atoms with Gasteiger partial charge in [-0.15, -0.1) is 0 Å². The Kier molecular flexibility index (Phi) is 9.73. The Hall–Kier alpha value is -2.57. The number of carbonyl (C=O) groups excluding carboxylic acids is 3. The molecule has 0 aliphatic carbocycles. The summed E-state index contributed by atoms with van der Waals surface area (Å²) in [7, 11) is 0. The lowest BCUT2D eigenvalue weighted by Gasteiger charge is -2.35. The maximum absolute atomic E-state index is 13.0. The summed E-state index contributed by atoms with van der Waals surface area (Å²) in [6, 6.07) is 7.90. The Morgan fingerprint density at radius 2 is 1.41 bits per heavy atom. The molecule has 0 radical (unpaired) electrons. The molecule has 1 aromatic rings. The van der Waals surface area contributed by atoms with Gasteiger partial charge in [-0.1, -0.05) is 58.0 Å². The Bertz CT molecular complexity index is 760. The number of ether oxygens (including phenoxy) is 2. The topological polar surface area (TPSA) is 93.7 Å². The SMILES string of the molecule is CC(NC(=O)OC(C)(C)C)C(=O)NC(COC(=O)C(C)(C(C)C)C(C)C)c1ccccc1. The number of esters is 1. The molecule has 0 aromatic heterocycles. The van der Waals surface area contributed by atoms with Gasteiger partial charge in [0.2, 0.25) is 5.91 Å². The van der Waals surface area contributed by atoms with Crippen molar-refractivity contribution in [2.45, 2.75) is 80.0 Å². The summed E-state index contributed by atoms with van der Waals surface area (Å²) < 4.78 is 10.9. The van der Waals surface area contributed by atoms with Crippen LogP contribution in [0, 0.1) is 17.3 Å². The molecule has 7 nitrogen and oxygen atoms in total. The van der Waals surface area contributed by atoms with Gasteiger partial charge < -0.3 is 20.1 Å². The Morgan fingerprint density at radius 3 is 1.88 bits per heavy atom. The van der Waals surface area contributed by atoms with Crippen molar-refractivity contribution < 1.29 is 23.9 Å². The van der Waals surface area contributed by atoms with E-state index in [1.807, 2.05) is 65.0 Å². The molecule has 180 valence electrons. The molecule has 2 amide bonds. The first-order valence-corrected chi connectivity index (χ1v) is 11.2. The van der Waals surface area contributed by atoms with Crippen LogP contribution in [0.5, 0.6) is 0 Å². The summed E-state index contributed by atoms with van der Waals surface area (Å²) >= 11 is 0. The van der Waals surface area contributed by atoms with Crippen molar-refractivity contribution in [1.29, 1.82) is 0 Å². The Balaban J connectivity index is 2.92. The van der Waals surface area contributed by atoms with Gasteiger partial charge in [-0.2, -0.15) is 0 Å². The zero-order valence-electron chi connectivity index (χ0n) is 20.9. The van der Waals surface area contributed by atoms with E-state index in [1.165, 1.54) is 0 Å². The predicted octanol–water partition coefficient (Wildman–Crippen LogP) is 4.62. The fourth-order valence-electron chi connectivity index (χ4n) is 3.21. The van der Waals surface area contributed by atoms with Crippen molar-refractivity contribution in [3.63, 3.8) is 0 Å². The summed E-state index contributed by atoms with van der Waals surface area (Å²) in [5.41, 5.74) is -0.508. The molecule has 0 aliphatic heterocycles. The van der Waals surface area contributed by atoms with Crippen LogP contribution in [-0.2, 0) is 19.1 Å². The first-order chi connectivity index (χ1) is 14.7. The van der Waals surface area contributed by atoms with Crippen LogP contribution in [0.15, 0.2) is 30.3 Å². The number of rotatable bonds is 9. The highest BCUT2D eigenvalue weighted by atomic mass is 16.6. The predicted molar refractivity (Wildman–Crippen MR) is 125 cm³/mol. The molecule has 0 spiro atoms. The lowest BCUT2D eigenvalue weighted by Crippen LogP contribution is -2.48. The van der Waals surface area contributed by atoms with Crippen LogP contribution in [-0.4, -0.2) is 36.2 Å². The highest BCUT2D eigenvalue weighted by Gasteiger charge is 2.41. The van der Waals surface area contributed by atoms with Gasteiger partial charge in [0.25, 0.3) is 0 Å². The van der Waals surface area contributed by atoms with Crippen molar-refractivity contribution in [2.75, 3.05) is 6.61 Å². The van der Waals surface area contributed by atoms with Crippen LogP contribution in [0.2, 0.25) is 0 Å². The molecule has 0 saturated carbocycles. The van der Waals surface area contributed by atoms with Gasteiger partial charge in [0.15, 0.2) is 0 Å². The van der Waals surface area contributed by atoms with E-state index in [4.69, 9.17) is 9.47 Å². The third-order valence-corrected chi connectivity index (χ3v) is 5.86. The molecule has 7 heteroatoms. The molecule has 0 bridgehead atoms. The van der Waals surface area contributed by atoms with E-state index in [9.17, 15) is 14.4 Å². The third kappa shape index (κ3) is 7.84. The van der Waals surface area contributed by atoms with E-state index in [2.05, 4.69) is 10.6 Å². The molecule has 1 rings (SSSR count). The third-order valence-electron chi connectivity index (χ3n) is 5.86. The van der Waals surface area contributed by atoms with Crippen LogP contribution < -0.4 is 10.6 Å². The second-order valence-electron chi connectivity index (χ2n) is 10.0. The smallest absolute Gasteiger partial charge is 0.408 e. The van der Waals surface area contributed by atoms with Crippen molar-refractivity contribution in [1.82, 2.24) is 10.6 Å². The van der Waals surface area contributed by atoms with Crippen molar-refractivity contribution in [2.24, 2.45) is 17.3 Å². The molecule has 32 heavy (non-hydrogen) atoms. The van der Waals surface area contributed by atoms with Crippen molar-refractivity contribution >= 4 is 18.0 Å². The molecule has 1 aromatic carbocycles.